The van der Waals surface area contributed by atoms with Crippen molar-refractivity contribution in [1.29, 1.82) is 0 Å². The standard InChI is InChI=1S/C20H23ClN2O.C2H2O4/c1-14-15(2)23(20-18(14)9-6-10-19(20)21)13-17(24)12-22-11-16-7-4-3-5-8-16;3-1(4)2(5)6/h3-10,17,22,24H,11-13H2,1-2H3;(H,3,4)(H,5,6). The molecule has 3 rings (SSSR count). The molecular formula is C22H25ClN2O5. The number of benzene rings is 2. The summed E-state index contributed by atoms with van der Waals surface area (Å²) in [5.41, 5.74) is 4.60. The molecule has 3 aromatic rings. The van der Waals surface area contributed by atoms with Gasteiger partial charge in [-0.3, -0.25) is 0 Å². The van der Waals surface area contributed by atoms with E-state index in [-0.39, 0.29) is 0 Å². The number of aliphatic carboxylic acids is 2. The molecule has 0 saturated carbocycles. The van der Waals surface area contributed by atoms with Crippen LogP contribution in [0.3, 0.4) is 0 Å². The number of aliphatic hydroxyl groups is 1. The van der Waals surface area contributed by atoms with Gasteiger partial charge in [-0.2, -0.15) is 0 Å². The lowest BCUT2D eigenvalue weighted by Gasteiger charge is -2.16. The second-order valence-corrected chi connectivity index (χ2v) is 7.24. The second-order valence-electron chi connectivity index (χ2n) is 6.84. The summed E-state index contributed by atoms with van der Waals surface area (Å²) in [7, 11) is 0. The largest absolute Gasteiger partial charge is 0.473 e. The summed E-state index contributed by atoms with van der Waals surface area (Å²) in [5.74, 6) is -3.65. The zero-order valence-corrected chi connectivity index (χ0v) is 17.6. The van der Waals surface area contributed by atoms with Crippen molar-refractivity contribution in [3.8, 4) is 0 Å². The molecule has 0 saturated heterocycles. The number of carboxylic acid groups (broad SMARTS) is 2. The van der Waals surface area contributed by atoms with Gasteiger partial charge in [0.05, 0.1) is 23.2 Å². The monoisotopic (exact) mass is 432 g/mol. The molecule has 1 atom stereocenters. The third kappa shape index (κ3) is 6.06. The number of para-hydroxylation sites is 1. The van der Waals surface area contributed by atoms with Crippen LogP contribution in [0.4, 0.5) is 0 Å². The Morgan fingerprint density at radius 3 is 2.27 bits per heavy atom. The quantitative estimate of drug-likeness (QED) is 0.445. The Hall–Kier alpha value is -2.87. The molecule has 30 heavy (non-hydrogen) atoms. The van der Waals surface area contributed by atoms with Gasteiger partial charge in [0.25, 0.3) is 0 Å². The van der Waals surface area contributed by atoms with E-state index in [4.69, 9.17) is 31.4 Å². The van der Waals surface area contributed by atoms with E-state index in [1.54, 1.807) is 0 Å². The van der Waals surface area contributed by atoms with Gasteiger partial charge in [-0.15, -0.1) is 0 Å². The lowest BCUT2D eigenvalue weighted by molar-refractivity contribution is -0.159. The van der Waals surface area contributed by atoms with Crippen LogP contribution in [-0.4, -0.2) is 44.5 Å². The summed E-state index contributed by atoms with van der Waals surface area (Å²) >= 11 is 6.40. The fraction of sp³-hybridized carbons (Fsp3) is 0.273. The number of nitrogens with one attached hydrogen (secondary N) is 1. The predicted octanol–water partition coefficient (Wildman–Crippen LogP) is 3.22. The van der Waals surface area contributed by atoms with E-state index in [2.05, 4.69) is 41.9 Å². The normalized spacial score (nSPS) is 11.6. The molecule has 0 aliphatic rings. The second kappa shape index (κ2) is 10.8. The number of aromatic nitrogens is 1. The maximum Gasteiger partial charge on any atom is 0.414 e. The molecule has 0 fully saturated rings. The number of carbonyl (C=O) groups is 2. The zero-order chi connectivity index (χ0) is 22.3. The van der Waals surface area contributed by atoms with Crippen LogP contribution in [0.1, 0.15) is 16.8 Å². The van der Waals surface area contributed by atoms with Gasteiger partial charge in [0.15, 0.2) is 0 Å². The Morgan fingerprint density at radius 1 is 1.03 bits per heavy atom. The molecule has 0 aliphatic heterocycles. The minimum absolute atomic E-state index is 0.473. The molecule has 0 aliphatic carbocycles. The number of nitrogens with zero attached hydrogens (tertiary/aromatic N) is 1. The summed E-state index contributed by atoms with van der Waals surface area (Å²) in [6, 6.07) is 16.2. The molecule has 4 N–H and O–H groups in total. The Labute approximate surface area is 179 Å². The average molecular weight is 433 g/mol. The SMILES string of the molecule is Cc1c(C)n(CC(O)CNCc2ccccc2)c2c(Cl)cccc12.O=C(O)C(=O)O. The van der Waals surface area contributed by atoms with Crippen molar-refractivity contribution in [2.75, 3.05) is 6.54 Å². The molecule has 0 radical (unpaired) electrons. The van der Waals surface area contributed by atoms with Crippen LogP contribution in [0.2, 0.25) is 5.02 Å². The molecule has 1 unspecified atom stereocenters. The van der Waals surface area contributed by atoms with Crippen molar-refractivity contribution in [2.24, 2.45) is 0 Å². The molecule has 160 valence electrons. The van der Waals surface area contributed by atoms with Crippen LogP contribution in [0.15, 0.2) is 48.5 Å². The van der Waals surface area contributed by atoms with E-state index in [1.165, 1.54) is 11.1 Å². The van der Waals surface area contributed by atoms with Crippen molar-refractivity contribution >= 4 is 34.4 Å². The van der Waals surface area contributed by atoms with Crippen LogP contribution in [0.25, 0.3) is 10.9 Å². The third-order valence-electron chi connectivity index (χ3n) is 4.74. The molecule has 0 amide bonds. The Morgan fingerprint density at radius 2 is 1.67 bits per heavy atom. The summed E-state index contributed by atoms with van der Waals surface area (Å²) in [5, 5.41) is 30.4. The maximum absolute atomic E-state index is 10.4. The third-order valence-corrected chi connectivity index (χ3v) is 5.04. The minimum Gasteiger partial charge on any atom is -0.473 e. The van der Waals surface area contributed by atoms with Crippen LogP contribution < -0.4 is 5.32 Å². The van der Waals surface area contributed by atoms with Crippen LogP contribution in [0, 0.1) is 13.8 Å². The Kier molecular flexibility index (Phi) is 8.41. The van der Waals surface area contributed by atoms with Crippen LogP contribution in [0.5, 0.6) is 0 Å². The van der Waals surface area contributed by atoms with Crippen molar-refractivity contribution in [1.82, 2.24) is 9.88 Å². The molecule has 0 spiro atoms. The van der Waals surface area contributed by atoms with E-state index in [0.29, 0.717) is 13.1 Å². The van der Waals surface area contributed by atoms with Gasteiger partial charge in [0.2, 0.25) is 0 Å². The van der Waals surface area contributed by atoms with Crippen molar-refractivity contribution in [2.45, 2.75) is 33.0 Å². The summed E-state index contributed by atoms with van der Waals surface area (Å²) < 4.78 is 2.13. The first-order valence-corrected chi connectivity index (χ1v) is 9.73. The first-order chi connectivity index (χ1) is 14.2. The van der Waals surface area contributed by atoms with Gasteiger partial charge < -0.3 is 25.2 Å². The van der Waals surface area contributed by atoms with Gasteiger partial charge in [0, 0.05) is 24.2 Å². The zero-order valence-electron chi connectivity index (χ0n) is 16.8. The first-order valence-electron chi connectivity index (χ1n) is 9.35. The number of halogens is 1. The first kappa shape index (κ1) is 23.4. The molecule has 2 aromatic carbocycles. The van der Waals surface area contributed by atoms with Crippen LogP contribution in [-0.2, 0) is 22.7 Å². The number of rotatable bonds is 6. The van der Waals surface area contributed by atoms with E-state index < -0.39 is 18.0 Å². The highest BCUT2D eigenvalue weighted by atomic mass is 35.5. The molecule has 1 heterocycles. The molecule has 0 bridgehead atoms. The van der Waals surface area contributed by atoms with Crippen molar-refractivity contribution in [3.05, 3.63) is 70.4 Å². The highest BCUT2D eigenvalue weighted by Crippen LogP contribution is 2.30. The Bertz CT molecular complexity index is 1010. The van der Waals surface area contributed by atoms with Crippen LogP contribution >= 0.6 is 11.6 Å². The number of fused-ring (bicyclic) bond motifs is 1. The van der Waals surface area contributed by atoms with Crippen molar-refractivity contribution < 1.29 is 24.9 Å². The predicted molar refractivity (Wildman–Crippen MR) is 116 cm³/mol. The highest BCUT2D eigenvalue weighted by Gasteiger charge is 2.16. The number of aliphatic hydroxyl groups excluding tert-OH is 1. The molecule has 7 nitrogen and oxygen atoms in total. The minimum atomic E-state index is -1.82. The highest BCUT2D eigenvalue weighted by molar-refractivity contribution is 6.35. The topological polar surface area (TPSA) is 112 Å². The molecule has 1 aromatic heterocycles. The van der Waals surface area contributed by atoms with Gasteiger partial charge in [-0.05, 0) is 31.0 Å². The fourth-order valence-electron chi connectivity index (χ4n) is 3.14. The lowest BCUT2D eigenvalue weighted by Crippen LogP contribution is -2.30. The smallest absolute Gasteiger partial charge is 0.414 e. The van der Waals surface area contributed by atoms with Gasteiger partial charge in [0.1, 0.15) is 0 Å². The molecular weight excluding hydrogens is 408 g/mol. The van der Waals surface area contributed by atoms with E-state index in [1.807, 2.05) is 30.3 Å². The van der Waals surface area contributed by atoms with E-state index >= 15 is 0 Å². The summed E-state index contributed by atoms with van der Waals surface area (Å²) in [6.07, 6.45) is -0.473. The lowest BCUT2D eigenvalue weighted by atomic mass is 10.2. The number of hydrogen-bond acceptors (Lipinski definition) is 4. The fourth-order valence-corrected chi connectivity index (χ4v) is 3.42. The van der Waals surface area contributed by atoms with E-state index in [9.17, 15) is 5.11 Å². The van der Waals surface area contributed by atoms with Crippen molar-refractivity contribution in [3.63, 3.8) is 0 Å². The average Bonchev–Trinajstić information content (AvgIpc) is 2.95. The Balaban J connectivity index is 0.000000469. The van der Waals surface area contributed by atoms with Gasteiger partial charge in [-0.1, -0.05) is 54.1 Å². The van der Waals surface area contributed by atoms with Gasteiger partial charge >= 0.3 is 11.9 Å². The van der Waals surface area contributed by atoms with Gasteiger partial charge in [-0.25, -0.2) is 9.59 Å². The summed E-state index contributed by atoms with van der Waals surface area (Å²) in [4.78, 5) is 18.2. The maximum atomic E-state index is 10.4. The van der Waals surface area contributed by atoms with E-state index in [0.717, 1.165) is 28.2 Å². The number of hydrogen-bond donors (Lipinski definition) is 4. The molecule has 8 heteroatoms. The number of carboxylic acids is 2. The number of aryl methyl sites for hydroxylation is 1. The summed E-state index contributed by atoms with van der Waals surface area (Å²) in [6.45, 7) is 6.00.